The smallest absolute Gasteiger partial charge is 0.248 e. The van der Waals surface area contributed by atoms with Gasteiger partial charge in [0.2, 0.25) is 11.8 Å². The fourth-order valence-corrected chi connectivity index (χ4v) is 3.61. The second-order valence-corrected chi connectivity index (χ2v) is 6.72. The molecule has 1 saturated heterocycles. The average molecular weight is 335 g/mol. The van der Waals surface area contributed by atoms with Crippen molar-refractivity contribution < 1.29 is 14.0 Å². The summed E-state index contributed by atoms with van der Waals surface area (Å²) in [6.45, 7) is 2.34. The van der Waals surface area contributed by atoms with Gasteiger partial charge in [-0.15, -0.1) is 0 Å². The maximum absolute atomic E-state index is 13.2. The van der Waals surface area contributed by atoms with Gasteiger partial charge in [0, 0.05) is 13.0 Å². The summed E-state index contributed by atoms with van der Waals surface area (Å²) in [5.41, 5.74) is 0.644. The highest BCUT2D eigenvalue weighted by atomic mass is 32.1. The fourth-order valence-electron chi connectivity index (χ4n) is 2.72. The van der Waals surface area contributed by atoms with Gasteiger partial charge in [0.1, 0.15) is 11.9 Å². The van der Waals surface area contributed by atoms with Gasteiger partial charge >= 0.3 is 0 Å². The van der Waals surface area contributed by atoms with Crippen LogP contribution in [0.25, 0.3) is 10.2 Å². The number of hydrogen-bond acceptors (Lipinski definition) is 4. The molecule has 0 aliphatic carbocycles. The van der Waals surface area contributed by atoms with Crippen LogP contribution in [0.3, 0.4) is 0 Å². The molecule has 23 heavy (non-hydrogen) atoms. The van der Waals surface area contributed by atoms with E-state index in [1.807, 2.05) is 0 Å². The highest BCUT2D eigenvalue weighted by Gasteiger charge is 2.27. The van der Waals surface area contributed by atoms with Gasteiger partial charge in [-0.3, -0.25) is 9.59 Å². The molecule has 1 N–H and O–H groups in total. The Balaban J connectivity index is 1.72. The summed E-state index contributed by atoms with van der Waals surface area (Å²) < 4.78 is 13.9. The third kappa shape index (κ3) is 3.50. The molecule has 3 rings (SSSR count). The molecule has 0 saturated carbocycles. The van der Waals surface area contributed by atoms with Gasteiger partial charge in [0.15, 0.2) is 5.13 Å². The zero-order valence-corrected chi connectivity index (χ0v) is 13.7. The minimum atomic E-state index is -0.538. The van der Waals surface area contributed by atoms with Crippen molar-refractivity contribution in [2.24, 2.45) is 0 Å². The first-order chi connectivity index (χ1) is 11.0. The highest BCUT2D eigenvalue weighted by Crippen LogP contribution is 2.26. The van der Waals surface area contributed by atoms with Crippen molar-refractivity contribution in [3.05, 3.63) is 24.0 Å². The van der Waals surface area contributed by atoms with E-state index in [1.54, 1.807) is 17.9 Å². The predicted octanol–water partition coefficient (Wildman–Crippen LogP) is 3.17. The Morgan fingerprint density at radius 2 is 2.22 bits per heavy atom. The molecule has 1 aromatic carbocycles. The zero-order valence-electron chi connectivity index (χ0n) is 12.8. The molecule has 1 aromatic heterocycles. The number of hydrogen-bond donors (Lipinski definition) is 1. The fraction of sp³-hybridized carbons (Fsp3) is 0.438. The van der Waals surface area contributed by atoms with E-state index in [-0.39, 0.29) is 17.6 Å². The van der Waals surface area contributed by atoms with Crippen molar-refractivity contribution in [1.82, 2.24) is 9.88 Å². The molecular weight excluding hydrogens is 317 g/mol. The van der Waals surface area contributed by atoms with Gasteiger partial charge in [0.25, 0.3) is 0 Å². The van der Waals surface area contributed by atoms with Crippen LogP contribution in [0.2, 0.25) is 0 Å². The molecule has 1 aliphatic rings. The monoisotopic (exact) mass is 335 g/mol. The van der Waals surface area contributed by atoms with Crippen molar-refractivity contribution >= 4 is 38.5 Å². The largest absolute Gasteiger partial charge is 0.331 e. The molecule has 0 spiro atoms. The third-order valence-corrected chi connectivity index (χ3v) is 4.97. The zero-order chi connectivity index (χ0) is 16.4. The number of likely N-dealkylation sites (tertiary alicyclic amines) is 1. The van der Waals surface area contributed by atoms with Crippen LogP contribution >= 0.6 is 11.3 Å². The Bertz CT molecular complexity index is 746. The van der Waals surface area contributed by atoms with Gasteiger partial charge in [0.05, 0.1) is 10.2 Å². The Labute approximate surface area is 137 Å². The molecule has 1 fully saturated rings. The Morgan fingerprint density at radius 1 is 1.39 bits per heavy atom. The number of nitrogens with zero attached hydrogens (tertiary/aromatic N) is 2. The highest BCUT2D eigenvalue weighted by molar-refractivity contribution is 7.22. The predicted molar refractivity (Wildman–Crippen MR) is 87.9 cm³/mol. The third-order valence-electron chi connectivity index (χ3n) is 4.04. The molecule has 1 unspecified atom stereocenters. The number of aromatic nitrogens is 1. The SMILES string of the molecule is CC(C(=O)Nc1nc2ccc(F)cc2s1)N1CCCCCC1=O. The number of halogens is 1. The standard InChI is InChI=1S/C16H18FN3O2S/c1-10(20-8-4-2-3-5-14(20)21)15(22)19-16-18-12-7-6-11(17)9-13(12)23-16/h6-7,9-10H,2-5,8H2,1H3,(H,18,19,22). The van der Waals surface area contributed by atoms with E-state index in [2.05, 4.69) is 10.3 Å². The lowest BCUT2D eigenvalue weighted by Crippen LogP contribution is -2.45. The Kier molecular flexibility index (Phi) is 4.56. The first kappa shape index (κ1) is 15.9. The number of rotatable bonds is 3. The summed E-state index contributed by atoms with van der Waals surface area (Å²) in [5.74, 6) is -0.571. The summed E-state index contributed by atoms with van der Waals surface area (Å²) in [7, 11) is 0. The van der Waals surface area contributed by atoms with Gasteiger partial charge in [-0.2, -0.15) is 0 Å². The van der Waals surface area contributed by atoms with Crippen LogP contribution in [-0.2, 0) is 9.59 Å². The summed E-state index contributed by atoms with van der Waals surface area (Å²) in [6, 6.07) is 3.78. The van der Waals surface area contributed by atoms with Crippen LogP contribution in [-0.4, -0.2) is 34.3 Å². The second-order valence-electron chi connectivity index (χ2n) is 5.69. The number of thiazole rings is 1. The first-order valence-electron chi connectivity index (χ1n) is 7.71. The van der Waals surface area contributed by atoms with Crippen LogP contribution in [0, 0.1) is 5.82 Å². The molecular formula is C16H18FN3O2S. The first-order valence-corrected chi connectivity index (χ1v) is 8.52. The summed E-state index contributed by atoms with van der Waals surface area (Å²) in [4.78, 5) is 30.4. The van der Waals surface area contributed by atoms with Crippen molar-refractivity contribution in [2.45, 2.75) is 38.6 Å². The van der Waals surface area contributed by atoms with E-state index in [0.29, 0.717) is 28.3 Å². The molecule has 2 heterocycles. The lowest BCUT2D eigenvalue weighted by molar-refractivity contribution is -0.137. The van der Waals surface area contributed by atoms with Crippen LogP contribution in [0.5, 0.6) is 0 Å². The summed E-state index contributed by atoms with van der Waals surface area (Å²) in [5, 5.41) is 3.16. The van der Waals surface area contributed by atoms with E-state index in [1.165, 1.54) is 23.5 Å². The Hall–Kier alpha value is -2.02. The van der Waals surface area contributed by atoms with E-state index < -0.39 is 6.04 Å². The molecule has 2 aromatic rings. The molecule has 2 amide bonds. The number of benzene rings is 1. The van der Waals surface area contributed by atoms with Crippen molar-refractivity contribution in [2.75, 3.05) is 11.9 Å². The lowest BCUT2D eigenvalue weighted by Gasteiger charge is -2.26. The molecule has 5 nitrogen and oxygen atoms in total. The minimum absolute atomic E-state index is 0.0246. The minimum Gasteiger partial charge on any atom is -0.331 e. The molecule has 0 bridgehead atoms. The number of carbonyl (C=O) groups is 2. The quantitative estimate of drug-likeness (QED) is 0.937. The molecule has 122 valence electrons. The maximum Gasteiger partial charge on any atom is 0.248 e. The average Bonchev–Trinajstić information content (AvgIpc) is 2.78. The van der Waals surface area contributed by atoms with E-state index >= 15 is 0 Å². The van der Waals surface area contributed by atoms with Gasteiger partial charge in [-0.1, -0.05) is 17.8 Å². The number of fused-ring (bicyclic) bond motifs is 1. The van der Waals surface area contributed by atoms with Crippen molar-refractivity contribution in [3.63, 3.8) is 0 Å². The summed E-state index contributed by atoms with van der Waals surface area (Å²) >= 11 is 1.22. The number of anilines is 1. The van der Waals surface area contributed by atoms with Crippen LogP contribution in [0.15, 0.2) is 18.2 Å². The van der Waals surface area contributed by atoms with Crippen molar-refractivity contribution in [3.8, 4) is 0 Å². The lowest BCUT2D eigenvalue weighted by atomic mass is 10.2. The van der Waals surface area contributed by atoms with Gasteiger partial charge in [-0.25, -0.2) is 9.37 Å². The van der Waals surface area contributed by atoms with Crippen LogP contribution < -0.4 is 5.32 Å². The number of nitrogens with one attached hydrogen (secondary N) is 1. The van der Waals surface area contributed by atoms with E-state index in [0.717, 1.165) is 19.3 Å². The summed E-state index contributed by atoms with van der Waals surface area (Å²) in [6.07, 6.45) is 3.31. The van der Waals surface area contributed by atoms with E-state index in [4.69, 9.17) is 0 Å². The van der Waals surface area contributed by atoms with Crippen molar-refractivity contribution in [1.29, 1.82) is 0 Å². The normalized spacial score (nSPS) is 17.1. The van der Waals surface area contributed by atoms with Crippen LogP contribution in [0.1, 0.15) is 32.6 Å². The number of carbonyl (C=O) groups excluding carboxylic acids is 2. The topological polar surface area (TPSA) is 62.3 Å². The van der Waals surface area contributed by atoms with Gasteiger partial charge < -0.3 is 10.2 Å². The molecule has 1 atom stereocenters. The molecule has 0 radical (unpaired) electrons. The number of amides is 2. The van der Waals surface area contributed by atoms with Crippen LogP contribution in [0.4, 0.5) is 9.52 Å². The van der Waals surface area contributed by atoms with Gasteiger partial charge in [-0.05, 0) is 38.0 Å². The maximum atomic E-state index is 13.2. The molecule has 7 heteroatoms. The van der Waals surface area contributed by atoms with E-state index in [9.17, 15) is 14.0 Å². The molecule has 1 aliphatic heterocycles. The second kappa shape index (κ2) is 6.62. The Morgan fingerprint density at radius 3 is 3.04 bits per heavy atom.